The van der Waals surface area contributed by atoms with E-state index in [1.807, 2.05) is 25.2 Å². The third-order valence-electron chi connectivity index (χ3n) is 2.99. The van der Waals surface area contributed by atoms with Gasteiger partial charge in [-0.25, -0.2) is 0 Å². The molecule has 16 heavy (non-hydrogen) atoms. The summed E-state index contributed by atoms with van der Waals surface area (Å²) in [6.45, 7) is 4.34. The monoisotopic (exact) mass is 283 g/mol. The van der Waals surface area contributed by atoms with Gasteiger partial charge in [0, 0.05) is 28.8 Å². The van der Waals surface area contributed by atoms with E-state index in [-0.39, 0.29) is 0 Å². The number of nitrogens with zero attached hydrogens (tertiary/aromatic N) is 1. The van der Waals surface area contributed by atoms with Crippen LogP contribution in [0.25, 0.3) is 0 Å². The highest BCUT2D eigenvalue weighted by atomic mass is 79.9. The van der Waals surface area contributed by atoms with Gasteiger partial charge in [0.1, 0.15) is 0 Å². The first-order chi connectivity index (χ1) is 7.63. The molecule has 0 spiro atoms. The summed E-state index contributed by atoms with van der Waals surface area (Å²) < 4.78 is 0.941. The van der Waals surface area contributed by atoms with Crippen LogP contribution in [0, 0.1) is 0 Å². The summed E-state index contributed by atoms with van der Waals surface area (Å²) in [5.41, 5.74) is 1.75. The van der Waals surface area contributed by atoms with Crippen molar-refractivity contribution in [2.45, 2.75) is 32.7 Å². The Morgan fingerprint density at radius 1 is 1.38 bits per heavy atom. The molecule has 0 aromatic heterocycles. The maximum absolute atomic E-state index is 11.0. The Bertz CT molecular complexity index is 361. The van der Waals surface area contributed by atoms with Crippen LogP contribution in [-0.4, -0.2) is 19.4 Å². The lowest BCUT2D eigenvalue weighted by atomic mass is 10.1. The fourth-order valence-electron chi connectivity index (χ4n) is 1.97. The summed E-state index contributed by atoms with van der Waals surface area (Å²) in [6, 6.07) is 6.31. The Morgan fingerprint density at radius 3 is 2.50 bits per heavy atom. The maximum atomic E-state index is 11.0. The van der Waals surface area contributed by atoms with Crippen molar-refractivity contribution < 1.29 is 4.79 Å². The smallest absolute Gasteiger partial charge is 0.152 e. The summed E-state index contributed by atoms with van der Waals surface area (Å²) >= 11 is 3.38. The van der Waals surface area contributed by atoms with Gasteiger partial charge in [-0.1, -0.05) is 29.8 Å². The van der Waals surface area contributed by atoms with Crippen LogP contribution in [0.1, 0.15) is 37.0 Å². The minimum absolute atomic E-state index is 0.486. The van der Waals surface area contributed by atoms with Crippen LogP contribution >= 0.6 is 15.9 Å². The van der Waals surface area contributed by atoms with Crippen LogP contribution in [0.15, 0.2) is 22.7 Å². The average Bonchev–Trinajstić information content (AvgIpc) is 2.30. The molecule has 0 heterocycles. The third-order valence-corrected chi connectivity index (χ3v) is 3.48. The van der Waals surface area contributed by atoms with Gasteiger partial charge >= 0.3 is 0 Å². The van der Waals surface area contributed by atoms with Crippen molar-refractivity contribution in [1.82, 2.24) is 0 Å². The van der Waals surface area contributed by atoms with E-state index in [4.69, 9.17) is 0 Å². The fraction of sp³-hybridized carbons (Fsp3) is 0.462. The fourth-order valence-corrected chi connectivity index (χ4v) is 2.35. The topological polar surface area (TPSA) is 20.3 Å². The Morgan fingerprint density at radius 2 is 2.00 bits per heavy atom. The summed E-state index contributed by atoms with van der Waals surface area (Å²) in [7, 11) is 2.05. The molecule has 1 aromatic rings. The molecule has 0 radical (unpaired) electrons. The van der Waals surface area contributed by atoms with Crippen LogP contribution in [0.3, 0.4) is 0 Å². The number of benzene rings is 1. The third kappa shape index (κ3) is 2.85. The lowest BCUT2D eigenvalue weighted by molar-refractivity contribution is 0.112. The number of halogens is 1. The van der Waals surface area contributed by atoms with Crippen molar-refractivity contribution in [3.8, 4) is 0 Å². The Hall–Kier alpha value is -0.830. The second-order valence-corrected chi connectivity index (χ2v) is 4.82. The summed E-state index contributed by atoms with van der Waals surface area (Å²) in [4.78, 5) is 13.2. The normalized spacial score (nSPS) is 10.6. The quantitative estimate of drug-likeness (QED) is 0.765. The number of hydrogen-bond donors (Lipinski definition) is 0. The number of hydrogen-bond acceptors (Lipinski definition) is 2. The molecule has 0 saturated heterocycles. The molecule has 0 saturated carbocycles. The van der Waals surface area contributed by atoms with Gasteiger partial charge < -0.3 is 4.90 Å². The van der Waals surface area contributed by atoms with Gasteiger partial charge in [-0.3, -0.25) is 4.79 Å². The van der Waals surface area contributed by atoms with Crippen LogP contribution in [0.5, 0.6) is 0 Å². The van der Waals surface area contributed by atoms with Crippen molar-refractivity contribution >= 4 is 27.9 Å². The molecule has 0 aliphatic heterocycles. The molecule has 0 aliphatic rings. The first-order valence-electron chi connectivity index (χ1n) is 5.61. The predicted octanol–water partition coefficient (Wildman–Crippen LogP) is 3.89. The largest absolute Gasteiger partial charge is 0.371 e. The highest BCUT2D eigenvalue weighted by Gasteiger charge is 2.14. The standard InChI is InChI=1S/C13H18BrNO/c1-4-12(5-2)15(3)13-7-6-11(14)8-10(13)9-16/h6-9,12H,4-5H2,1-3H3. The number of carbonyl (C=O) groups is 1. The van der Waals surface area contributed by atoms with Crippen molar-refractivity contribution in [2.24, 2.45) is 0 Å². The highest BCUT2D eigenvalue weighted by Crippen LogP contribution is 2.25. The van der Waals surface area contributed by atoms with E-state index in [1.165, 1.54) is 0 Å². The van der Waals surface area contributed by atoms with E-state index in [1.54, 1.807) is 0 Å². The number of carbonyl (C=O) groups excluding carboxylic acids is 1. The maximum Gasteiger partial charge on any atom is 0.152 e. The van der Waals surface area contributed by atoms with Gasteiger partial charge in [-0.2, -0.15) is 0 Å². The first kappa shape index (κ1) is 13.2. The van der Waals surface area contributed by atoms with Crippen molar-refractivity contribution in [1.29, 1.82) is 0 Å². The van der Waals surface area contributed by atoms with Gasteiger partial charge in [0.25, 0.3) is 0 Å². The van der Waals surface area contributed by atoms with E-state index in [9.17, 15) is 4.79 Å². The Labute approximate surface area is 106 Å². The second-order valence-electron chi connectivity index (χ2n) is 3.90. The van der Waals surface area contributed by atoms with E-state index < -0.39 is 0 Å². The zero-order valence-electron chi connectivity index (χ0n) is 10.0. The van der Waals surface area contributed by atoms with Crippen LogP contribution < -0.4 is 4.90 Å². The molecule has 88 valence electrons. The molecule has 1 aromatic carbocycles. The second kappa shape index (κ2) is 6.04. The summed E-state index contributed by atoms with van der Waals surface area (Å²) in [5.74, 6) is 0. The minimum Gasteiger partial charge on any atom is -0.371 e. The van der Waals surface area contributed by atoms with E-state index in [0.29, 0.717) is 6.04 Å². The molecule has 3 heteroatoms. The van der Waals surface area contributed by atoms with Crippen molar-refractivity contribution in [3.05, 3.63) is 28.2 Å². The van der Waals surface area contributed by atoms with E-state index in [0.717, 1.165) is 34.9 Å². The molecule has 0 bridgehead atoms. The molecule has 0 fully saturated rings. The van der Waals surface area contributed by atoms with E-state index in [2.05, 4.69) is 34.7 Å². The minimum atomic E-state index is 0.486. The van der Waals surface area contributed by atoms with Crippen molar-refractivity contribution in [3.63, 3.8) is 0 Å². The number of aldehydes is 1. The lowest BCUT2D eigenvalue weighted by Gasteiger charge is -2.29. The molecule has 0 aliphatic carbocycles. The molecule has 2 nitrogen and oxygen atoms in total. The van der Waals surface area contributed by atoms with Gasteiger partial charge in [0.05, 0.1) is 0 Å². The Balaban J connectivity index is 3.06. The van der Waals surface area contributed by atoms with Crippen molar-refractivity contribution in [2.75, 3.05) is 11.9 Å². The zero-order chi connectivity index (χ0) is 12.1. The molecule has 0 atom stereocenters. The van der Waals surface area contributed by atoms with Gasteiger partial charge in [0.2, 0.25) is 0 Å². The Kier molecular flexibility index (Phi) is 5.00. The van der Waals surface area contributed by atoms with Gasteiger partial charge in [-0.05, 0) is 31.0 Å². The average molecular weight is 284 g/mol. The molecule has 0 amide bonds. The van der Waals surface area contributed by atoms with Crippen LogP contribution in [-0.2, 0) is 0 Å². The van der Waals surface area contributed by atoms with Crippen LogP contribution in [0.2, 0.25) is 0 Å². The number of anilines is 1. The highest BCUT2D eigenvalue weighted by molar-refractivity contribution is 9.10. The molecular formula is C13H18BrNO. The van der Waals surface area contributed by atoms with E-state index >= 15 is 0 Å². The lowest BCUT2D eigenvalue weighted by Crippen LogP contribution is -2.31. The SMILES string of the molecule is CCC(CC)N(C)c1ccc(Br)cc1C=O. The summed E-state index contributed by atoms with van der Waals surface area (Å²) in [5, 5.41) is 0. The molecule has 1 rings (SSSR count). The first-order valence-corrected chi connectivity index (χ1v) is 6.40. The van der Waals surface area contributed by atoms with Gasteiger partial charge in [-0.15, -0.1) is 0 Å². The predicted molar refractivity (Wildman–Crippen MR) is 72.3 cm³/mol. The van der Waals surface area contributed by atoms with Crippen LogP contribution in [0.4, 0.5) is 5.69 Å². The zero-order valence-corrected chi connectivity index (χ0v) is 11.6. The number of rotatable bonds is 5. The summed E-state index contributed by atoms with van der Waals surface area (Å²) in [6.07, 6.45) is 3.09. The molecule has 0 unspecified atom stereocenters. The molecular weight excluding hydrogens is 266 g/mol. The van der Waals surface area contributed by atoms with Gasteiger partial charge in [0.15, 0.2) is 6.29 Å². The molecule has 0 N–H and O–H groups in total.